The number of aliphatic carboxylic acids is 1. The molecule has 1 fully saturated rings. The molecule has 0 radical (unpaired) electrons. The largest absolute Gasteiger partial charge is 0.481 e. The molecule has 110 valence electrons. The van der Waals surface area contributed by atoms with Crippen molar-refractivity contribution in [2.75, 3.05) is 33.4 Å². The van der Waals surface area contributed by atoms with Crippen LogP contribution in [-0.2, 0) is 9.53 Å². The van der Waals surface area contributed by atoms with Gasteiger partial charge in [-0.15, -0.1) is 0 Å². The topological polar surface area (TPSA) is 78.9 Å². The van der Waals surface area contributed by atoms with E-state index in [0.29, 0.717) is 5.92 Å². The van der Waals surface area contributed by atoms with E-state index in [1.807, 2.05) is 0 Å². The Morgan fingerprint density at radius 1 is 1.42 bits per heavy atom. The second-order valence-electron chi connectivity index (χ2n) is 4.96. The molecule has 1 aliphatic rings. The zero-order chi connectivity index (χ0) is 14.1. The van der Waals surface area contributed by atoms with Crippen LogP contribution in [0.3, 0.4) is 0 Å². The minimum absolute atomic E-state index is 0.0350. The number of likely N-dealkylation sites (tertiary alicyclic amines) is 1. The fraction of sp³-hybridized carbons (Fsp3) is 0.846. The van der Waals surface area contributed by atoms with Gasteiger partial charge >= 0.3 is 12.0 Å². The predicted octanol–water partition coefficient (Wildman–Crippen LogP) is 1.31. The fourth-order valence-corrected chi connectivity index (χ4v) is 2.32. The van der Waals surface area contributed by atoms with Crippen molar-refractivity contribution in [3.8, 4) is 0 Å². The predicted molar refractivity (Wildman–Crippen MR) is 71.1 cm³/mol. The first-order valence-corrected chi connectivity index (χ1v) is 6.87. The van der Waals surface area contributed by atoms with E-state index in [9.17, 15) is 9.59 Å². The van der Waals surface area contributed by atoms with Gasteiger partial charge in [0.2, 0.25) is 0 Å². The molecule has 1 unspecified atom stereocenters. The number of rotatable bonds is 6. The molecule has 0 aromatic rings. The maximum atomic E-state index is 11.9. The lowest BCUT2D eigenvalue weighted by Crippen LogP contribution is -2.42. The van der Waals surface area contributed by atoms with Crippen LogP contribution in [0.15, 0.2) is 0 Å². The normalized spacial score (nSPS) is 19.8. The molecule has 2 amide bonds. The van der Waals surface area contributed by atoms with Crippen molar-refractivity contribution in [3.05, 3.63) is 0 Å². The van der Waals surface area contributed by atoms with E-state index in [1.54, 1.807) is 12.0 Å². The van der Waals surface area contributed by atoms with Crippen LogP contribution >= 0.6 is 0 Å². The van der Waals surface area contributed by atoms with Gasteiger partial charge < -0.3 is 20.1 Å². The molecule has 6 heteroatoms. The Labute approximate surface area is 114 Å². The summed E-state index contributed by atoms with van der Waals surface area (Å²) in [5.41, 5.74) is 0. The highest BCUT2D eigenvalue weighted by atomic mass is 16.5. The van der Waals surface area contributed by atoms with Crippen molar-refractivity contribution >= 4 is 12.0 Å². The molecule has 0 saturated carbocycles. The molecule has 0 aromatic heterocycles. The molecule has 0 bridgehead atoms. The van der Waals surface area contributed by atoms with E-state index in [4.69, 9.17) is 9.84 Å². The highest BCUT2D eigenvalue weighted by Gasteiger charge is 2.21. The van der Waals surface area contributed by atoms with E-state index in [-0.39, 0.29) is 19.0 Å². The van der Waals surface area contributed by atoms with E-state index in [2.05, 4.69) is 5.32 Å². The first kappa shape index (κ1) is 15.8. The van der Waals surface area contributed by atoms with Crippen LogP contribution in [0.4, 0.5) is 4.79 Å². The highest BCUT2D eigenvalue weighted by Crippen LogP contribution is 2.19. The summed E-state index contributed by atoms with van der Waals surface area (Å²) in [7, 11) is 1.69. The van der Waals surface area contributed by atoms with Crippen LogP contribution in [0.5, 0.6) is 0 Å². The van der Waals surface area contributed by atoms with Gasteiger partial charge in [0, 0.05) is 33.4 Å². The van der Waals surface area contributed by atoms with Gasteiger partial charge in [-0.3, -0.25) is 4.79 Å². The van der Waals surface area contributed by atoms with Gasteiger partial charge in [0.1, 0.15) is 0 Å². The number of hydrogen-bond donors (Lipinski definition) is 2. The maximum absolute atomic E-state index is 11.9. The number of carboxylic acids is 1. The summed E-state index contributed by atoms with van der Waals surface area (Å²) in [5, 5.41) is 11.2. The number of carboxylic acid groups (broad SMARTS) is 1. The van der Waals surface area contributed by atoms with Crippen LogP contribution < -0.4 is 5.32 Å². The number of methoxy groups -OCH3 is 1. The zero-order valence-electron chi connectivity index (χ0n) is 11.6. The summed E-state index contributed by atoms with van der Waals surface area (Å²) < 4.78 is 5.09. The Morgan fingerprint density at radius 3 is 2.89 bits per heavy atom. The minimum atomic E-state index is -0.894. The second-order valence-corrected chi connectivity index (χ2v) is 4.96. The lowest BCUT2D eigenvalue weighted by molar-refractivity contribution is -0.136. The third-order valence-corrected chi connectivity index (χ3v) is 3.40. The van der Waals surface area contributed by atoms with E-state index in [1.165, 1.54) is 0 Å². The number of amides is 2. The minimum Gasteiger partial charge on any atom is -0.481 e. The molecule has 0 aliphatic carbocycles. The molecule has 19 heavy (non-hydrogen) atoms. The zero-order valence-corrected chi connectivity index (χ0v) is 11.6. The highest BCUT2D eigenvalue weighted by molar-refractivity contribution is 5.75. The molecular formula is C13H24N2O4. The molecule has 2 N–H and O–H groups in total. The van der Waals surface area contributed by atoms with Crippen molar-refractivity contribution < 1.29 is 19.4 Å². The quantitative estimate of drug-likeness (QED) is 0.764. The molecule has 1 rings (SSSR count). The summed E-state index contributed by atoms with van der Waals surface area (Å²) in [5.74, 6) is -0.415. The summed E-state index contributed by atoms with van der Waals surface area (Å²) in [4.78, 5) is 24.1. The van der Waals surface area contributed by atoms with Gasteiger partial charge in [-0.2, -0.15) is 0 Å². The molecule has 0 aromatic carbocycles. The Balaban J connectivity index is 2.36. The average molecular weight is 272 g/mol. The van der Waals surface area contributed by atoms with Crippen LogP contribution in [-0.4, -0.2) is 55.4 Å². The van der Waals surface area contributed by atoms with Gasteiger partial charge in [0.15, 0.2) is 0 Å². The van der Waals surface area contributed by atoms with Crippen LogP contribution in [0, 0.1) is 5.92 Å². The summed E-state index contributed by atoms with van der Waals surface area (Å²) >= 11 is 0. The van der Waals surface area contributed by atoms with Crippen molar-refractivity contribution in [2.45, 2.75) is 32.1 Å². The summed E-state index contributed by atoms with van der Waals surface area (Å²) in [6.45, 7) is 2.40. The van der Waals surface area contributed by atoms with Gasteiger partial charge in [0.05, 0.1) is 6.42 Å². The molecule has 1 saturated heterocycles. The standard InChI is InChI=1S/C13H24N2O4/c1-19-9-6-11-4-2-3-8-15(10-11)13(18)14-7-5-12(16)17/h11H,2-10H2,1H3,(H,14,18)(H,16,17). The van der Waals surface area contributed by atoms with Crippen LogP contribution in [0.25, 0.3) is 0 Å². The van der Waals surface area contributed by atoms with Gasteiger partial charge in [0.25, 0.3) is 0 Å². The molecule has 1 aliphatic heterocycles. The van der Waals surface area contributed by atoms with Crippen LogP contribution in [0.2, 0.25) is 0 Å². The van der Waals surface area contributed by atoms with E-state index in [0.717, 1.165) is 45.4 Å². The molecule has 1 atom stereocenters. The average Bonchev–Trinajstić information content (AvgIpc) is 2.61. The lowest BCUT2D eigenvalue weighted by Gasteiger charge is -2.24. The third kappa shape index (κ3) is 6.42. The van der Waals surface area contributed by atoms with Gasteiger partial charge in [-0.05, 0) is 25.2 Å². The number of carbonyl (C=O) groups is 2. The molecule has 6 nitrogen and oxygen atoms in total. The van der Waals surface area contributed by atoms with Gasteiger partial charge in [-0.1, -0.05) is 6.42 Å². The Kier molecular flexibility index (Phi) is 7.25. The summed E-state index contributed by atoms with van der Waals surface area (Å²) in [6, 6.07) is -0.148. The molecule has 1 heterocycles. The first-order valence-electron chi connectivity index (χ1n) is 6.87. The number of hydrogen-bond acceptors (Lipinski definition) is 3. The first-order chi connectivity index (χ1) is 9.13. The van der Waals surface area contributed by atoms with E-state index >= 15 is 0 Å². The number of nitrogens with one attached hydrogen (secondary N) is 1. The Bertz CT molecular complexity index is 296. The number of nitrogens with zero attached hydrogens (tertiary/aromatic N) is 1. The van der Waals surface area contributed by atoms with Crippen molar-refractivity contribution in [3.63, 3.8) is 0 Å². The van der Waals surface area contributed by atoms with Gasteiger partial charge in [-0.25, -0.2) is 4.79 Å². The SMILES string of the molecule is COCCC1CCCCN(C(=O)NCCC(=O)O)C1. The Hall–Kier alpha value is -1.30. The van der Waals surface area contributed by atoms with Crippen molar-refractivity contribution in [1.29, 1.82) is 0 Å². The second kappa shape index (κ2) is 8.74. The number of urea groups is 1. The summed E-state index contributed by atoms with van der Waals surface area (Å²) in [6.07, 6.45) is 4.20. The number of carbonyl (C=O) groups excluding carboxylic acids is 1. The molecular weight excluding hydrogens is 248 g/mol. The lowest BCUT2D eigenvalue weighted by atomic mass is 10.0. The fourth-order valence-electron chi connectivity index (χ4n) is 2.32. The van der Waals surface area contributed by atoms with Crippen molar-refractivity contribution in [1.82, 2.24) is 10.2 Å². The maximum Gasteiger partial charge on any atom is 0.317 e. The molecule has 0 spiro atoms. The smallest absolute Gasteiger partial charge is 0.317 e. The monoisotopic (exact) mass is 272 g/mol. The van der Waals surface area contributed by atoms with E-state index < -0.39 is 5.97 Å². The Morgan fingerprint density at radius 2 is 2.21 bits per heavy atom. The number of ether oxygens (including phenoxy) is 1. The third-order valence-electron chi connectivity index (χ3n) is 3.40. The van der Waals surface area contributed by atoms with Crippen LogP contribution in [0.1, 0.15) is 32.1 Å². The van der Waals surface area contributed by atoms with Crippen molar-refractivity contribution in [2.24, 2.45) is 5.92 Å².